The molecule has 1 aliphatic heterocycles. The van der Waals surface area contributed by atoms with E-state index in [9.17, 15) is 18.0 Å². The van der Waals surface area contributed by atoms with Gasteiger partial charge in [0.1, 0.15) is 0 Å². The van der Waals surface area contributed by atoms with E-state index in [1.165, 1.54) is 7.05 Å². The number of urea groups is 1. The molecule has 1 saturated heterocycles. The molecule has 31 heavy (non-hydrogen) atoms. The SMILES string of the molecule is CCN(CC)C(=O)CN1CCCN(C(=O)NCc2ccc(CS(=O)(=O)NC)cc2)CC1. The smallest absolute Gasteiger partial charge is 0.317 e. The maximum Gasteiger partial charge on any atom is 0.317 e. The molecule has 0 aromatic heterocycles. The van der Waals surface area contributed by atoms with Crippen LogP contribution < -0.4 is 10.0 Å². The molecule has 0 unspecified atom stereocenters. The van der Waals surface area contributed by atoms with Crippen LogP contribution in [0.1, 0.15) is 31.4 Å². The fourth-order valence-electron chi connectivity index (χ4n) is 3.53. The van der Waals surface area contributed by atoms with Crippen LogP contribution in [0.4, 0.5) is 4.79 Å². The molecule has 0 radical (unpaired) electrons. The Labute approximate surface area is 185 Å². The Morgan fingerprint density at radius 1 is 1.00 bits per heavy atom. The molecule has 3 amide bonds. The predicted octanol–water partition coefficient (Wildman–Crippen LogP) is 0.822. The Kier molecular flexibility index (Phi) is 9.73. The lowest BCUT2D eigenvalue weighted by atomic mass is 10.1. The maximum absolute atomic E-state index is 12.6. The van der Waals surface area contributed by atoms with E-state index < -0.39 is 10.0 Å². The highest BCUT2D eigenvalue weighted by Gasteiger charge is 2.21. The average Bonchev–Trinajstić information content (AvgIpc) is 2.99. The van der Waals surface area contributed by atoms with E-state index in [4.69, 9.17) is 0 Å². The molecule has 2 rings (SSSR count). The number of nitrogens with one attached hydrogen (secondary N) is 2. The lowest BCUT2D eigenvalue weighted by Gasteiger charge is -2.25. The summed E-state index contributed by atoms with van der Waals surface area (Å²) < 4.78 is 25.5. The van der Waals surface area contributed by atoms with Crippen LogP contribution in [0.25, 0.3) is 0 Å². The molecule has 1 aliphatic rings. The molecule has 1 aromatic carbocycles. The molecule has 0 spiro atoms. The monoisotopic (exact) mass is 453 g/mol. The van der Waals surface area contributed by atoms with Crippen molar-refractivity contribution < 1.29 is 18.0 Å². The van der Waals surface area contributed by atoms with Crippen LogP contribution in [0, 0.1) is 0 Å². The zero-order valence-corrected chi connectivity index (χ0v) is 19.6. The van der Waals surface area contributed by atoms with Crippen LogP contribution in [-0.2, 0) is 27.1 Å². The molecule has 9 nitrogen and oxygen atoms in total. The maximum atomic E-state index is 12.6. The quantitative estimate of drug-likeness (QED) is 0.576. The second-order valence-corrected chi connectivity index (χ2v) is 9.55. The highest BCUT2D eigenvalue weighted by atomic mass is 32.2. The summed E-state index contributed by atoms with van der Waals surface area (Å²) in [5.41, 5.74) is 1.59. The van der Waals surface area contributed by atoms with Crippen molar-refractivity contribution in [3.63, 3.8) is 0 Å². The van der Waals surface area contributed by atoms with Gasteiger partial charge in [-0.25, -0.2) is 17.9 Å². The molecule has 1 heterocycles. The highest BCUT2D eigenvalue weighted by molar-refractivity contribution is 7.88. The minimum atomic E-state index is -3.30. The Bertz CT molecular complexity index is 825. The van der Waals surface area contributed by atoms with E-state index in [0.29, 0.717) is 51.4 Å². The fourth-order valence-corrected chi connectivity index (χ4v) is 4.31. The van der Waals surface area contributed by atoms with E-state index >= 15 is 0 Å². The molecular formula is C21H35N5O4S. The fraction of sp³-hybridized carbons (Fsp3) is 0.619. The largest absolute Gasteiger partial charge is 0.342 e. The Hall–Kier alpha value is -2.17. The molecule has 174 valence electrons. The zero-order chi connectivity index (χ0) is 22.9. The van der Waals surface area contributed by atoms with Crippen LogP contribution in [0.5, 0.6) is 0 Å². The first kappa shape index (κ1) is 25.1. The number of sulfonamides is 1. The van der Waals surface area contributed by atoms with E-state index in [1.807, 2.05) is 30.9 Å². The molecule has 1 aromatic rings. The normalized spacial score (nSPS) is 15.4. The molecule has 0 bridgehead atoms. The van der Waals surface area contributed by atoms with Crippen molar-refractivity contribution in [3.05, 3.63) is 35.4 Å². The topological polar surface area (TPSA) is 102 Å². The Morgan fingerprint density at radius 3 is 2.26 bits per heavy atom. The van der Waals surface area contributed by atoms with Gasteiger partial charge in [-0.3, -0.25) is 9.69 Å². The van der Waals surface area contributed by atoms with Gasteiger partial charge in [0.25, 0.3) is 0 Å². The van der Waals surface area contributed by atoms with Crippen molar-refractivity contribution >= 4 is 22.0 Å². The highest BCUT2D eigenvalue weighted by Crippen LogP contribution is 2.09. The van der Waals surface area contributed by atoms with Crippen LogP contribution in [0.2, 0.25) is 0 Å². The number of carbonyl (C=O) groups excluding carboxylic acids is 2. The van der Waals surface area contributed by atoms with E-state index in [2.05, 4.69) is 14.9 Å². The number of hydrogen-bond acceptors (Lipinski definition) is 5. The second-order valence-electron chi connectivity index (χ2n) is 7.62. The van der Waals surface area contributed by atoms with E-state index in [1.54, 1.807) is 17.0 Å². The van der Waals surface area contributed by atoms with Gasteiger partial charge in [-0.2, -0.15) is 0 Å². The van der Waals surface area contributed by atoms with Crippen LogP contribution >= 0.6 is 0 Å². The average molecular weight is 454 g/mol. The van der Waals surface area contributed by atoms with Crippen molar-refractivity contribution in [1.82, 2.24) is 24.7 Å². The van der Waals surface area contributed by atoms with Crippen molar-refractivity contribution in [2.75, 3.05) is 52.9 Å². The van der Waals surface area contributed by atoms with Crippen molar-refractivity contribution in [2.45, 2.75) is 32.6 Å². The summed E-state index contributed by atoms with van der Waals surface area (Å²) in [6, 6.07) is 7.03. The zero-order valence-electron chi connectivity index (χ0n) is 18.8. The summed E-state index contributed by atoms with van der Waals surface area (Å²) in [6.45, 7) is 8.87. The van der Waals surface area contributed by atoms with Gasteiger partial charge in [0.15, 0.2) is 0 Å². The van der Waals surface area contributed by atoms with Gasteiger partial charge in [0.05, 0.1) is 12.3 Å². The number of hydrogen-bond donors (Lipinski definition) is 2. The molecule has 1 fully saturated rings. The number of likely N-dealkylation sites (N-methyl/N-ethyl adjacent to an activating group) is 1. The second kappa shape index (κ2) is 12.0. The van der Waals surface area contributed by atoms with Crippen LogP contribution in [0.15, 0.2) is 24.3 Å². The van der Waals surface area contributed by atoms with E-state index in [-0.39, 0.29) is 17.7 Å². The molecule has 0 atom stereocenters. The molecular weight excluding hydrogens is 418 g/mol. The van der Waals surface area contributed by atoms with Gasteiger partial charge in [-0.15, -0.1) is 0 Å². The summed E-state index contributed by atoms with van der Waals surface area (Å²) in [6.07, 6.45) is 0.827. The standard InChI is InChI=1S/C21H35N5O4S/c1-4-25(5-2)20(27)16-24-11-6-12-26(14-13-24)21(28)23-15-18-7-9-19(10-8-18)17-31(29,30)22-3/h7-10,22H,4-6,11-17H2,1-3H3,(H,23,28). The lowest BCUT2D eigenvalue weighted by molar-refractivity contribution is -0.132. The number of benzene rings is 1. The first-order chi connectivity index (χ1) is 14.8. The van der Waals surface area contributed by atoms with Gasteiger partial charge < -0.3 is 15.1 Å². The van der Waals surface area contributed by atoms with Crippen LogP contribution in [-0.4, -0.2) is 87.9 Å². The van der Waals surface area contributed by atoms with Gasteiger partial charge in [0.2, 0.25) is 15.9 Å². The minimum Gasteiger partial charge on any atom is -0.342 e. The first-order valence-electron chi connectivity index (χ1n) is 10.8. The molecule has 2 N–H and O–H groups in total. The summed E-state index contributed by atoms with van der Waals surface area (Å²) in [5.74, 6) is 0.0610. The van der Waals surface area contributed by atoms with Crippen molar-refractivity contribution in [2.24, 2.45) is 0 Å². The third-order valence-corrected chi connectivity index (χ3v) is 6.82. The minimum absolute atomic E-state index is 0.0722. The van der Waals surface area contributed by atoms with Crippen molar-refractivity contribution in [3.8, 4) is 0 Å². The van der Waals surface area contributed by atoms with Gasteiger partial charge in [0, 0.05) is 45.8 Å². The number of carbonyl (C=O) groups is 2. The van der Waals surface area contributed by atoms with Gasteiger partial charge in [-0.1, -0.05) is 24.3 Å². The first-order valence-corrected chi connectivity index (χ1v) is 12.4. The lowest BCUT2D eigenvalue weighted by Crippen LogP contribution is -2.43. The summed E-state index contributed by atoms with van der Waals surface area (Å²) in [4.78, 5) is 30.6. The van der Waals surface area contributed by atoms with Crippen molar-refractivity contribution in [1.29, 1.82) is 0 Å². The summed E-state index contributed by atoms with van der Waals surface area (Å²) in [5, 5.41) is 2.93. The van der Waals surface area contributed by atoms with Gasteiger partial charge >= 0.3 is 6.03 Å². The summed E-state index contributed by atoms with van der Waals surface area (Å²) in [7, 11) is -1.91. The Morgan fingerprint density at radius 2 is 1.65 bits per heavy atom. The molecule has 0 saturated carbocycles. The third-order valence-electron chi connectivity index (χ3n) is 5.49. The predicted molar refractivity (Wildman–Crippen MR) is 121 cm³/mol. The third kappa shape index (κ3) is 8.12. The molecule has 10 heteroatoms. The number of amides is 3. The van der Waals surface area contributed by atoms with Crippen LogP contribution in [0.3, 0.4) is 0 Å². The number of rotatable bonds is 9. The molecule has 0 aliphatic carbocycles. The Balaban J connectivity index is 1.80. The number of nitrogens with zero attached hydrogens (tertiary/aromatic N) is 3. The summed E-state index contributed by atoms with van der Waals surface area (Å²) >= 11 is 0. The van der Waals surface area contributed by atoms with Gasteiger partial charge in [-0.05, 0) is 38.4 Å². The van der Waals surface area contributed by atoms with E-state index in [0.717, 1.165) is 18.5 Å².